The van der Waals surface area contributed by atoms with Crippen molar-refractivity contribution in [3.8, 4) is 0 Å². The van der Waals surface area contributed by atoms with Crippen LogP contribution in [0.2, 0.25) is 0 Å². The first-order valence-electron chi connectivity index (χ1n) is 6.79. The van der Waals surface area contributed by atoms with Crippen LogP contribution >= 0.6 is 0 Å². The van der Waals surface area contributed by atoms with E-state index >= 15 is 0 Å². The second-order valence-electron chi connectivity index (χ2n) is 4.34. The molecule has 102 valence electrons. The summed E-state index contributed by atoms with van der Waals surface area (Å²) in [5.41, 5.74) is 0. The summed E-state index contributed by atoms with van der Waals surface area (Å²) in [7, 11) is 0. The van der Waals surface area contributed by atoms with Gasteiger partial charge in [0.15, 0.2) is 5.82 Å². The SMILES string of the molecule is CCCCCCCC(=O)NCc1nnn(CC)n1. The molecule has 1 N–H and O–H groups in total. The molecule has 0 spiro atoms. The van der Waals surface area contributed by atoms with Crippen molar-refractivity contribution in [2.24, 2.45) is 0 Å². The van der Waals surface area contributed by atoms with Crippen molar-refractivity contribution in [3.05, 3.63) is 5.82 Å². The van der Waals surface area contributed by atoms with Crippen molar-refractivity contribution in [2.45, 2.75) is 65.5 Å². The fourth-order valence-corrected chi connectivity index (χ4v) is 1.64. The van der Waals surface area contributed by atoms with Crippen LogP contribution in [0.1, 0.15) is 58.2 Å². The minimum Gasteiger partial charge on any atom is -0.349 e. The van der Waals surface area contributed by atoms with Gasteiger partial charge in [-0.1, -0.05) is 32.6 Å². The Bertz CT molecular complexity index is 350. The van der Waals surface area contributed by atoms with Gasteiger partial charge in [0.05, 0.1) is 13.1 Å². The van der Waals surface area contributed by atoms with Crippen LogP contribution in [0.5, 0.6) is 0 Å². The van der Waals surface area contributed by atoms with Gasteiger partial charge in [-0.2, -0.15) is 4.80 Å². The van der Waals surface area contributed by atoms with Crippen molar-refractivity contribution in [1.29, 1.82) is 0 Å². The normalized spacial score (nSPS) is 10.6. The van der Waals surface area contributed by atoms with Crippen molar-refractivity contribution in [3.63, 3.8) is 0 Å². The molecule has 1 rings (SSSR count). The lowest BCUT2D eigenvalue weighted by Crippen LogP contribution is -2.23. The van der Waals surface area contributed by atoms with Gasteiger partial charge >= 0.3 is 0 Å². The number of aryl methyl sites for hydroxylation is 1. The van der Waals surface area contributed by atoms with Crippen molar-refractivity contribution in [2.75, 3.05) is 0 Å². The van der Waals surface area contributed by atoms with E-state index in [-0.39, 0.29) is 5.91 Å². The Labute approximate surface area is 108 Å². The highest BCUT2D eigenvalue weighted by Gasteiger charge is 2.04. The zero-order chi connectivity index (χ0) is 13.2. The highest BCUT2D eigenvalue weighted by atomic mass is 16.1. The summed E-state index contributed by atoms with van der Waals surface area (Å²) in [5, 5.41) is 14.6. The smallest absolute Gasteiger partial charge is 0.220 e. The molecule has 0 aromatic carbocycles. The predicted molar refractivity (Wildman–Crippen MR) is 68.7 cm³/mol. The number of hydrogen-bond donors (Lipinski definition) is 1. The molecule has 0 saturated heterocycles. The molecule has 1 aromatic rings. The standard InChI is InChI=1S/C12H23N5O/c1-3-5-6-7-8-9-12(18)13-10-11-14-16-17(4-2)15-11/h3-10H2,1-2H3,(H,13,18). The van der Waals surface area contributed by atoms with E-state index in [4.69, 9.17) is 0 Å². The molecule has 0 unspecified atom stereocenters. The Kier molecular flexibility index (Phi) is 6.98. The molecule has 0 aliphatic carbocycles. The number of hydrogen-bond acceptors (Lipinski definition) is 4. The number of carbonyl (C=O) groups excluding carboxylic acids is 1. The van der Waals surface area contributed by atoms with Crippen LogP contribution in [0.4, 0.5) is 0 Å². The first kappa shape index (κ1) is 14.6. The molecule has 0 saturated carbocycles. The molecular formula is C12H23N5O. The molecular weight excluding hydrogens is 230 g/mol. The zero-order valence-corrected chi connectivity index (χ0v) is 11.4. The molecule has 1 heterocycles. The summed E-state index contributed by atoms with van der Waals surface area (Å²) in [6, 6.07) is 0. The molecule has 0 radical (unpaired) electrons. The van der Waals surface area contributed by atoms with Gasteiger partial charge in [-0.05, 0) is 18.6 Å². The topological polar surface area (TPSA) is 72.7 Å². The van der Waals surface area contributed by atoms with Crippen LogP contribution in [-0.2, 0) is 17.9 Å². The van der Waals surface area contributed by atoms with Gasteiger partial charge in [0.1, 0.15) is 0 Å². The maximum Gasteiger partial charge on any atom is 0.220 e. The second-order valence-corrected chi connectivity index (χ2v) is 4.34. The highest BCUT2D eigenvalue weighted by molar-refractivity contribution is 5.75. The number of tetrazole rings is 1. The Morgan fingerprint density at radius 1 is 1.22 bits per heavy atom. The van der Waals surface area contributed by atoms with Crippen LogP contribution in [-0.4, -0.2) is 26.1 Å². The minimum atomic E-state index is 0.0688. The molecule has 0 fully saturated rings. The van der Waals surface area contributed by atoms with Crippen LogP contribution < -0.4 is 5.32 Å². The number of aromatic nitrogens is 4. The lowest BCUT2D eigenvalue weighted by molar-refractivity contribution is -0.121. The Morgan fingerprint density at radius 2 is 2.00 bits per heavy atom. The van der Waals surface area contributed by atoms with Gasteiger partial charge < -0.3 is 5.32 Å². The van der Waals surface area contributed by atoms with Gasteiger partial charge in [0.2, 0.25) is 5.91 Å². The first-order chi connectivity index (χ1) is 8.76. The monoisotopic (exact) mass is 253 g/mol. The first-order valence-corrected chi connectivity index (χ1v) is 6.79. The molecule has 18 heavy (non-hydrogen) atoms. The number of nitrogens with zero attached hydrogens (tertiary/aromatic N) is 4. The average molecular weight is 253 g/mol. The molecule has 6 nitrogen and oxygen atoms in total. The third-order valence-corrected chi connectivity index (χ3v) is 2.73. The lowest BCUT2D eigenvalue weighted by Gasteiger charge is -2.02. The van der Waals surface area contributed by atoms with Gasteiger partial charge in [0.25, 0.3) is 0 Å². The second kappa shape index (κ2) is 8.60. The van der Waals surface area contributed by atoms with E-state index in [0.29, 0.717) is 25.3 Å². The third-order valence-electron chi connectivity index (χ3n) is 2.73. The van der Waals surface area contributed by atoms with Gasteiger partial charge in [-0.15, -0.1) is 10.2 Å². The number of rotatable bonds is 9. The van der Waals surface area contributed by atoms with Crippen molar-refractivity contribution in [1.82, 2.24) is 25.5 Å². The number of amides is 1. The minimum absolute atomic E-state index is 0.0688. The quantitative estimate of drug-likeness (QED) is 0.679. The molecule has 6 heteroatoms. The third kappa shape index (κ3) is 5.75. The Morgan fingerprint density at radius 3 is 2.67 bits per heavy atom. The van der Waals surface area contributed by atoms with Gasteiger partial charge in [-0.3, -0.25) is 4.79 Å². The number of carbonyl (C=O) groups is 1. The molecule has 0 atom stereocenters. The average Bonchev–Trinajstić information content (AvgIpc) is 2.84. The molecule has 0 aliphatic heterocycles. The van der Waals surface area contributed by atoms with E-state index < -0.39 is 0 Å². The fraction of sp³-hybridized carbons (Fsp3) is 0.833. The summed E-state index contributed by atoms with van der Waals surface area (Å²) in [6.45, 7) is 5.19. The Hall–Kier alpha value is -1.46. The number of unbranched alkanes of at least 4 members (excludes halogenated alkanes) is 4. The van der Waals surface area contributed by atoms with E-state index in [1.807, 2.05) is 6.92 Å². The summed E-state index contributed by atoms with van der Waals surface area (Å²) in [4.78, 5) is 13.0. The maximum absolute atomic E-state index is 11.5. The highest BCUT2D eigenvalue weighted by Crippen LogP contribution is 2.04. The van der Waals surface area contributed by atoms with E-state index in [0.717, 1.165) is 12.8 Å². The largest absolute Gasteiger partial charge is 0.349 e. The lowest BCUT2D eigenvalue weighted by atomic mass is 10.1. The fourth-order valence-electron chi connectivity index (χ4n) is 1.64. The molecule has 1 aromatic heterocycles. The molecule has 1 amide bonds. The van der Waals surface area contributed by atoms with Crippen LogP contribution in [0.15, 0.2) is 0 Å². The van der Waals surface area contributed by atoms with E-state index in [1.54, 1.807) is 0 Å². The number of nitrogens with one attached hydrogen (secondary N) is 1. The van der Waals surface area contributed by atoms with Crippen molar-refractivity contribution >= 4 is 5.91 Å². The molecule has 0 aliphatic rings. The maximum atomic E-state index is 11.5. The van der Waals surface area contributed by atoms with Crippen LogP contribution in [0, 0.1) is 0 Å². The summed E-state index contributed by atoms with van der Waals surface area (Å²) in [5.74, 6) is 0.635. The summed E-state index contributed by atoms with van der Waals surface area (Å²) < 4.78 is 0. The van der Waals surface area contributed by atoms with Crippen molar-refractivity contribution < 1.29 is 4.79 Å². The summed E-state index contributed by atoms with van der Waals surface area (Å²) in [6.07, 6.45) is 6.38. The van der Waals surface area contributed by atoms with Gasteiger partial charge in [-0.25, -0.2) is 0 Å². The van der Waals surface area contributed by atoms with E-state index in [2.05, 4.69) is 27.7 Å². The molecule has 0 bridgehead atoms. The van der Waals surface area contributed by atoms with E-state index in [9.17, 15) is 4.79 Å². The predicted octanol–water partition coefficient (Wildman–Crippen LogP) is 1.67. The summed E-state index contributed by atoms with van der Waals surface area (Å²) >= 11 is 0. The zero-order valence-electron chi connectivity index (χ0n) is 11.4. The van der Waals surface area contributed by atoms with Crippen LogP contribution in [0.3, 0.4) is 0 Å². The van der Waals surface area contributed by atoms with Crippen LogP contribution in [0.25, 0.3) is 0 Å². The van der Waals surface area contributed by atoms with Gasteiger partial charge in [0, 0.05) is 6.42 Å². The Balaban J connectivity index is 2.09. The van der Waals surface area contributed by atoms with E-state index in [1.165, 1.54) is 24.1 Å².